The summed E-state index contributed by atoms with van der Waals surface area (Å²) in [6.45, 7) is 2.24. The number of hydrogen-bond donors (Lipinski definition) is 0. The van der Waals surface area contributed by atoms with Crippen molar-refractivity contribution < 1.29 is 0 Å². The third-order valence-electron chi connectivity index (χ3n) is 6.26. The van der Waals surface area contributed by atoms with Crippen LogP contribution in [0.3, 0.4) is 0 Å². The molecule has 164 valence electrons. The topological polar surface area (TPSA) is 34.6 Å². The number of fused-ring (bicyclic) bond motifs is 2. The summed E-state index contributed by atoms with van der Waals surface area (Å²) < 4.78 is 3.93. The number of rotatable bonds is 5. The average Bonchev–Trinajstić information content (AvgIpc) is 3.47. The Bertz CT molecular complexity index is 1610. The van der Waals surface area contributed by atoms with Crippen LogP contribution >= 0.6 is 0 Å². The van der Waals surface area contributed by atoms with E-state index in [4.69, 9.17) is 10.2 Å². The largest absolute Gasteiger partial charge is 0.240 e. The average molecular weight is 441 g/mol. The monoisotopic (exact) mass is 440 g/mol. The minimum absolute atomic E-state index is 0.150. The first kappa shape index (κ1) is 20.2. The van der Waals surface area contributed by atoms with Crippen molar-refractivity contribution in [2.75, 3.05) is 0 Å². The Morgan fingerprint density at radius 3 is 1.82 bits per heavy atom. The molecule has 0 aliphatic rings. The van der Waals surface area contributed by atoms with Crippen molar-refractivity contribution in [3.8, 4) is 22.5 Å². The van der Waals surface area contributed by atoms with Gasteiger partial charge in [-0.15, -0.1) is 0 Å². The molecule has 0 aliphatic carbocycles. The Balaban J connectivity index is 1.48. The van der Waals surface area contributed by atoms with Gasteiger partial charge in [-0.2, -0.15) is 10.2 Å². The summed E-state index contributed by atoms with van der Waals surface area (Å²) in [4.78, 5) is 0. The van der Waals surface area contributed by atoms with Gasteiger partial charge in [0.05, 0.1) is 16.7 Å². The van der Waals surface area contributed by atoms with Gasteiger partial charge in [0.25, 0.3) is 0 Å². The van der Waals surface area contributed by atoms with Crippen molar-refractivity contribution in [3.05, 3.63) is 127 Å². The second-order valence-corrected chi connectivity index (χ2v) is 8.47. The highest BCUT2D eigenvalue weighted by molar-refractivity contribution is 5.83. The lowest BCUT2D eigenvalue weighted by molar-refractivity contribution is 0.966. The van der Waals surface area contributed by atoms with E-state index in [2.05, 4.69) is 91.9 Å². The predicted molar refractivity (Wildman–Crippen MR) is 139 cm³/mol. The van der Waals surface area contributed by atoms with E-state index >= 15 is 0 Å². The van der Waals surface area contributed by atoms with Gasteiger partial charge in [0.2, 0.25) is 0 Å². The summed E-state index contributed by atoms with van der Waals surface area (Å²) in [5.41, 5.74) is 8.80. The Labute approximate surface area is 198 Å². The Morgan fingerprint density at radius 1 is 0.618 bits per heavy atom. The number of benzene rings is 2. The number of aromatic nitrogens is 4. The van der Waals surface area contributed by atoms with Crippen molar-refractivity contribution >= 4 is 17.1 Å². The first-order valence-corrected chi connectivity index (χ1v) is 11.5. The Kier molecular flexibility index (Phi) is 5.04. The van der Waals surface area contributed by atoms with Gasteiger partial charge in [0.15, 0.2) is 0 Å². The second kappa shape index (κ2) is 8.49. The third-order valence-corrected chi connectivity index (χ3v) is 6.26. The number of nitrogens with zero attached hydrogens (tertiary/aromatic N) is 4. The van der Waals surface area contributed by atoms with Crippen molar-refractivity contribution in [3.63, 3.8) is 0 Å². The molecular weight excluding hydrogens is 416 g/mol. The zero-order valence-electron chi connectivity index (χ0n) is 18.9. The molecule has 0 fully saturated rings. The maximum atomic E-state index is 4.93. The number of hydrogen-bond acceptors (Lipinski definition) is 2. The standard InChI is InChI=1S/C30H24N4/c1-22(28-27-17-9-11-21-34(27)32-30(28)24-14-6-3-7-15-24)18-19-25-26-16-8-10-20-33(26)31-29(25)23-12-4-2-5-13-23/h2-22H,1H3/b19-18+. The molecule has 6 rings (SSSR count). The summed E-state index contributed by atoms with van der Waals surface area (Å²) in [5, 5.41) is 9.82. The Hall–Kier alpha value is -4.44. The lowest BCUT2D eigenvalue weighted by Gasteiger charge is -2.09. The zero-order chi connectivity index (χ0) is 22.9. The van der Waals surface area contributed by atoms with Crippen molar-refractivity contribution in [1.82, 2.24) is 19.2 Å². The van der Waals surface area contributed by atoms with Gasteiger partial charge in [-0.3, -0.25) is 0 Å². The van der Waals surface area contributed by atoms with E-state index in [0.717, 1.165) is 39.1 Å². The van der Waals surface area contributed by atoms with E-state index in [0.29, 0.717) is 0 Å². The normalized spacial score (nSPS) is 12.6. The maximum Gasteiger partial charge on any atom is 0.101 e. The molecule has 0 radical (unpaired) electrons. The van der Waals surface area contributed by atoms with Gasteiger partial charge >= 0.3 is 0 Å². The molecule has 0 saturated heterocycles. The fourth-order valence-electron chi connectivity index (χ4n) is 4.60. The van der Waals surface area contributed by atoms with E-state index in [1.165, 1.54) is 5.56 Å². The van der Waals surface area contributed by atoms with Gasteiger partial charge in [0.1, 0.15) is 5.69 Å². The molecule has 4 heteroatoms. The minimum Gasteiger partial charge on any atom is -0.240 e. The smallest absolute Gasteiger partial charge is 0.101 e. The molecule has 0 aliphatic heterocycles. The predicted octanol–water partition coefficient (Wildman–Crippen LogP) is 7.13. The zero-order valence-corrected chi connectivity index (χ0v) is 18.9. The summed E-state index contributed by atoms with van der Waals surface area (Å²) in [6.07, 6.45) is 8.51. The highest BCUT2D eigenvalue weighted by Crippen LogP contribution is 2.34. The molecular formula is C30H24N4. The number of pyridine rings is 2. The molecule has 0 amide bonds. The van der Waals surface area contributed by atoms with E-state index in [-0.39, 0.29) is 5.92 Å². The molecule has 4 aromatic heterocycles. The van der Waals surface area contributed by atoms with Crippen LogP contribution in [0, 0.1) is 0 Å². The van der Waals surface area contributed by atoms with Crippen LogP contribution in [-0.2, 0) is 0 Å². The van der Waals surface area contributed by atoms with Gasteiger partial charge in [-0.05, 0) is 24.3 Å². The van der Waals surface area contributed by atoms with Crippen LogP contribution in [-0.4, -0.2) is 19.2 Å². The molecule has 4 heterocycles. The van der Waals surface area contributed by atoms with Gasteiger partial charge in [-0.1, -0.05) is 91.9 Å². The van der Waals surface area contributed by atoms with Crippen LogP contribution in [0.25, 0.3) is 39.6 Å². The SMILES string of the molecule is CC(/C=C/c1c(-c2ccccc2)nn2ccccc12)c1c(-c2ccccc2)nn2ccccc12. The molecule has 2 aromatic carbocycles. The van der Waals surface area contributed by atoms with Crippen molar-refractivity contribution in [1.29, 1.82) is 0 Å². The summed E-state index contributed by atoms with van der Waals surface area (Å²) in [7, 11) is 0. The number of allylic oxidation sites excluding steroid dienone is 1. The van der Waals surface area contributed by atoms with Crippen LogP contribution in [0.5, 0.6) is 0 Å². The summed E-state index contributed by atoms with van der Waals surface area (Å²) in [6, 6.07) is 33.2. The first-order valence-electron chi connectivity index (χ1n) is 11.5. The summed E-state index contributed by atoms with van der Waals surface area (Å²) in [5.74, 6) is 0.150. The van der Waals surface area contributed by atoms with Gasteiger partial charge in [0, 0.05) is 40.6 Å². The first-order chi connectivity index (χ1) is 16.8. The Morgan fingerprint density at radius 2 is 1.15 bits per heavy atom. The molecule has 6 aromatic rings. The molecule has 0 N–H and O–H groups in total. The maximum absolute atomic E-state index is 4.93. The van der Waals surface area contributed by atoms with E-state index in [9.17, 15) is 0 Å². The lowest BCUT2D eigenvalue weighted by atomic mass is 9.94. The quantitative estimate of drug-likeness (QED) is 0.286. The fourth-order valence-corrected chi connectivity index (χ4v) is 4.60. The summed E-state index contributed by atoms with van der Waals surface area (Å²) >= 11 is 0. The van der Waals surface area contributed by atoms with Crippen molar-refractivity contribution in [2.45, 2.75) is 12.8 Å². The third kappa shape index (κ3) is 3.50. The highest BCUT2D eigenvalue weighted by Gasteiger charge is 2.19. The molecule has 0 bridgehead atoms. The van der Waals surface area contributed by atoms with Crippen LogP contribution in [0.15, 0.2) is 116 Å². The van der Waals surface area contributed by atoms with Crippen LogP contribution in [0.2, 0.25) is 0 Å². The molecule has 34 heavy (non-hydrogen) atoms. The molecule has 4 nitrogen and oxygen atoms in total. The van der Waals surface area contributed by atoms with Crippen LogP contribution < -0.4 is 0 Å². The van der Waals surface area contributed by atoms with Gasteiger partial charge in [-0.25, -0.2) is 9.03 Å². The fraction of sp³-hybridized carbons (Fsp3) is 0.0667. The van der Waals surface area contributed by atoms with Gasteiger partial charge < -0.3 is 0 Å². The molecule has 1 unspecified atom stereocenters. The second-order valence-electron chi connectivity index (χ2n) is 8.47. The highest BCUT2D eigenvalue weighted by atomic mass is 15.2. The molecule has 1 atom stereocenters. The van der Waals surface area contributed by atoms with Crippen molar-refractivity contribution in [2.24, 2.45) is 0 Å². The van der Waals surface area contributed by atoms with Crippen LogP contribution in [0.4, 0.5) is 0 Å². The lowest BCUT2D eigenvalue weighted by Crippen LogP contribution is -1.92. The van der Waals surface area contributed by atoms with Crippen LogP contribution in [0.1, 0.15) is 24.0 Å². The molecule has 0 spiro atoms. The van der Waals surface area contributed by atoms with E-state index in [1.807, 2.05) is 45.7 Å². The minimum atomic E-state index is 0.150. The van der Waals surface area contributed by atoms with E-state index < -0.39 is 0 Å². The van der Waals surface area contributed by atoms with E-state index in [1.54, 1.807) is 0 Å². The molecule has 0 saturated carbocycles.